The van der Waals surface area contributed by atoms with Gasteiger partial charge in [0.15, 0.2) is 11.4 Å². The van der Waals surface area contributed by atoms with Crippen LogP contribution in [0.3, 0.4) is 0 Å². The first-order chi connectivity index (χ1) is 7.28. The Morgan fingerprint density at radius 2 is 2.07 bits per heavy atom. The van der Waals surface area contributed by atoms with Crippen LogP contribution in [0.25, 0.3) is 0 Å². The van der Waals surface area contributed by atoms with Crippen molar-refractivity contribution in [1.82, 2.24) is 0 Å². The average Bonchev–Trinajstić information content (AvgIpc) is 2.79. The maximum absolute atomic E-state index is 12.3. The third-order valence-corrected chi connectivity index (χ3v) is 3.80. The highest BCUT2D eigenvalue weighted by atomic mass is 16.6. The zero-order valence-corrected chi connectivity index (χ0v) is 9.46. The Hall–Kier alpha value is -0.410. The van der Waals surface area contributed by atoms with Crippen molar-refractivity contribution < 1.29 is 14.3 Å². The van der Waals surface area contributed by atoms with E-state index in [-0.39, 0.29) is 5.92 Å². The highest BCUT2D eigenvalue weighted by Gasteiger charge is 2.45. The van der Waals surface area contributed by atoms with Gasteiger partial charge in [-0.3, -0.25) is 4.79 Å². The molecule has 2 fully saturated rings. The summed E-state index contributed by atoms with van der Waals surface area (Å²) in [6, 6.07) is 0. The Labute approximate surface area is 91.1 Å². The molecule has 86 valence electrons. The quantitative estimate of drug-likeness (QED) is 0.717. The Kier molecular flexibility index (Phi) is 3.42. The summed E-state index contributed by atoms with van der Waals surface area (Å²) in [5.74, 6) is 0.516. The minimum absolute atomic E-state index is 0.223. The van der Waals surface area contributed by atoms with Crippen molar-refractivity contribution >= 4 is 5.78 Å². The van der Waals surface area contributed by atoms with Crippen molar-refractivity contribution in [3.8, 4) is 0 Å². The second-order valence-corrected chi connectivity index (χ2v) is 4.70. The van der Waals surface area contributed by atoms with Crippen LogP contribution in [0.4, 0.5) is 0 Å². The lowest BCUT2D eigenvalue weighted by Gasteiger charge is -2.30. The van der Waals surface area contributed by atoms with E-state index in [1.165, 1.54) is 19.3 Å². The number of methoxy groups -OCH3 is 1. The van der Waals surface area contributed by atoms with Crippen LogP contribution < -0.4 is 0 Å². The summed E-state index contributed by atoms with van der Waals surface area (Å²) in [6.45, 7) is 1.12. The van der Waals surface area contributed by atoms with E-state index in [2.05, 4.69) is 0 Å². The van der Waals surface area contributed by atoms with Crippen LogP contribution in [0.2, 0.25) is 0 Å². The molecule has 0 amide bonds. The number of rotatable bonds is 3. The zero-order chi connectivity index (χ0) is 10.7. The Morgan fingerprint density at radius 1 is 1.33 bits per heavy atom. The minimum Gasteiger partial charge on any atom is -0.378 e. The van der Waals surface area contributed by atoms with Gasteiger partial charge in [-0.05, 0) is 12.8 Å². The maximum atomic E-state index is 12.3. The van der Waals surface area contributed by atoms with Gasteiger partial charge in [-0.1, -0.05) is 19.3 Å². The van der Waals surface area contributed by atoms with Gasteiger partial charge < -0.3 is 9.47 Å². The summed E-state index contributed by atoms with van der Waals surface area (Å²) in [5.41, 5.74) is -0.609. The van der Waals surface area contributed by atoms with Crippen LogP contribution in [-0.2, 0) is 14.3 Å². The highest BCUT2D eigenvalue weighted by molar-refractivity contribution is 5.90. The second kappa shape index (κ2) is 4.62. The van der Waals surface area contributed by atoms with Crippen molar-refractivity contribution in [2.45, 2.75) is 44.1 Å². The number of ether oxygens (including phenoxy) is 2. The first-order valence-corrected chi connectivity index (χ1v) is 5.96. The van der Waals surface area contributed by atoms with Crippen LogP contribution in [0, 0.1) is 5.92 Å². The van der Waals surface area contributed by atoms with Gasteiger partial charge in [0.05, 0.1) is 13.2 Å². The lowest BCUT2D eigenvalue weighted by Crippen LogP contribution is -2.45. The van der Waals surface area contributed by atoms with Crippen LogP contribution in [0.15, 0.2) is 0 Å². The molecule has 0 N–H and O–H groups in total. The zero-order valence-electron chi connectivity index (χ0n) is 9.46. The molecule has 2 rings (SSSR count). The molecule has 0 radical (unpaired) electrons. The fourth-order valence-corrected chi connectivity index (χ4v) is 2.74. The highest BCUT2D eigenvalue weighted by Crippen LogP contribution is 2.33. The van der Waals surface area contributed by atoms with Gasteiger partial charge in [0.25, 0.3) is 0 Å². The summed E-state index contributed by atoms with van der Waals surface area (Å²) in [7, 11) is 1.63. The fourth-order valence-electron chi connectivity index (χ4n) is 2.74. The van der Waals surface area contributed by atoms with Gasteiger partial charge >= 0.3 is 0 Å². The van der Waals surface area contributed by atoms with Crippen LogP contribution in [-0.4, -0.2) is 31.7 Å². The molecule has 1 aliphatic carbocycles. The molecule has 0 bridgehead atoms. The summed E-state index contributed by atoms with van der Waals surface area (Å²) in [6.07, 6.45) is 6.49. The summed E-state index contributed by atoms with van der Waals surface area (Å²) < 4.78 is 10.8. The molecular weight excluding hydrogens is 192 g/mol. The molecule has 1 saturated carbocycles. The van der Waals surface area contributed by atoms with E-state index >= 15 is 0 Å². The van der Waals surface area contributed by atoms with Crippen molar-refractivity contribution in [3.63, 3.8) is 0 Å². The lowest BCUT2D eigenvalue weighted by atomic mass is 9.79. The molecule has 0 aromatic carbocycles. The first-order valence-electron chi connectivity index (χ1n) is 5.96. The summed E-state index contributed by atoms with van der Waals surface area (Å²) in [5, 5.41) is 0. The van der Waals surface area contributed by atoms with Gasteiger partial charge in [0.2, 0.25) is 0 Å². The molecule has 1 saturated heterocycles. The molecule has 1 aliphatic heterocycles. The normalized spacial score (nSPS) is 33.1. The molecule has 2 aliphatic rings. The van der Waals surface area contributed by atoms with Gasteiger partial charge in [-0.15, -0.1) is 0 Å². The van der Waals surface area contributed by atoms with Crippen molar-refractivity contribution in [3.05, 3.63) is 0 Å². The second-order valence-electron chi connectivity index (χ2n) is 4.70. The van der Waals surface area contributed by atoms with E-state index in [1.54, 1.807) is 7.11 Å². The van der Waals surface area contributed by atoms with Crippen molar-refractivity contribution in [2.24, 2.45) is 5.92 Å². The molecule has 1 atom stereocenters. The number of carbonyl (C=O) groups excluding carboxylic acids is 1. The van der Waals surface area contributed by atoms with Gasteiger partial charge in [-0.2, -0.15) is 0 Å². The largest absolute Gasteiger partial charge is 0.378 e. The van der Waals surface area contributed by atoms with Crippen LogP contribution in [0.1, 0.15) is 38.5 Å². The molecular formula is C12H20O3. The summed E-state index contributed by atoms with van der Waals surface area (Å²) in [4.78, 5) is 12.3. The van der Waals surface area contributed by atoms with E-state index in [0.29, 0.717) is 19.0 Å². The minimum atomic E-state index is -0.609. The third-order valence-electron chi connectivity index (χ3n) is 3.80. The van der Waals surface area contributed by atoms with Gasteiger partial charge in [0, 0.05) is 19.4 Å². The smallest absolute Gasteiger partial charge is 0.170 e. The predicted molar refractivity (Wildman–Crippen MR) is 56.8 cm³/mol. The Bertz CT molecular complexity index is 225. The van der Waals surface area contributed by atoms with E-state index in [1.807, 2.05) is 0 Å². The standard InChI is InChI=1S/C12H20O3/c1-14-12(7-8-15-9-12)11(13)10-5-3-2-4-6-10/h10H,2-9H2,1H3. The molecule has 0 spiro atoms. The SMILES string of the molecule is COC1(C(=O)C2CCCCC2)CCOC1. The van der Waals surface area contributed by atoms with E-state index in [4.69, 9.17) is 9.47 Å². The Morgan fingerprint density at radius 3 is 2.60 bits per heavy atom. The molecule has 0 aromatic rings. The molecule has 3 nitrogen and oxygen atoms in total. The van der Waals surface area contributed by atoms with Crippen molar-refractivity contribution in [1.29, 1.82) is 0 Å². The fraction of sp³-hybridized carbons (Fsp3) is 0.917. The van der Waals surface area contributed by atoms with Gasteiger partial charge in [0.1, 0.15) is 0 Å². The maximum Gasteiger partial charge on any atom is 0.170 e. The molecule has 15 heavy (non-hydrogen) atoms. The summed E-state index contributed by atoms with van der Waals surface area (Å²) >= 11 is 0. The number of hydrogen-bond acceptors (Lipinski definition) is 3. The number of ketones is 1. The van der Waals surface area contributed by atoms with E-state index in [0.717, 1.165) is 19.3 Å². The van der Waals surface area contributed by atoms with Crippen LogP contribution >= 0.6 is 0 Å². The van der Waals surface area contributed by atoms with Crippen LogP contribution in [0.5, 0.6) is 0 Å². The molecule has 3 heteroatoms. The number of Topliss-reactive ketones (excluding diaryl/α,β-unsaturated/α-hetero) is 1. The van der Waals surface area contributed by atoms with Crippen molar-refractivity contribution in [2.75, 3.05) is 20.3 Å². The monoisotopic (exact) mass is 212 g/mol. The number of hydrogen-bond donors (Lipinski definition) is 0. The molecule has 0 aromatic heterocycles. The molecule has 1 heterocycles. The average molecular weight is 212 g/mol. The van der Waals surface area contributed by atoms with E-state index < -0.39 is 5.60 Å². The van der Waals surface area contributed by atoms with E-state index in [9.17, 15) is 4.79 Å². The lowest BCUT2D eigenvalue weighted by molar-refractivity contribution is -0.146. The third kappa shape index (κ3) is 2.08. The topological polar surface area (TPSA) is 35.5 Å². The number of carbonyl (C=O) groups is 1. The van der Waals surface area contributed by atoms with Gasteiger partial charge in [-0.25, -0.2) is 0 Å². The predicted octanol–water partition coefficient (Wildman–Crippen LogP) is 1.94. The molecule has 1 unspecified atom stereocenters. The first kappa shape index (κ1) is 11.1. The Balaban J connectivity index is 2.03.